The van der Waals surface area contributed by atoms with Crippen LogP contribution in [0.25, 0.3) is 21.9 Å². The normalized spacial score (nSPS) is 13.5. The van der Waals surface area contributed by atoms with Gasteiger partial charge in [-0.15, -0.1) is 0 Å². The minimum Gasteiger partial charge on any atom is -0.463 e. The second kappa shape index (κ2) is 4.77. The van der Waals surface area contributed by atoms with Gasteiger partial charge in [-0.05, 0) is 41.6 Å². The SMILES string of the molecule is CCOC(O)c1[nH]c2cc(F)c3ccoc3c2c1I. The molecule has 1 unspecified atom stereocenters. The molecule has 100 valence electrons. The molecule has 0 amide bonds. The lowest BCUT2D eigenvalue weighted by Crippen LogP contribution is -2.04. The van der Waals surface area contributed by atoms with Crippen LogP contribution in [0.4, 0.5) is 4.39 Å². The highest BCUT2D eigenvalue weighted by Gasteiger charge is 2.21. The zero-order valence-corrected chi connectivity index (χ0v) is 12.2. The monoisotopic (exact) mass is 375 g/mol. The molecule has 0 fully saturated rings. The van der Waals surface area contributed by atoms with E-state index in [4.69, 9.17) is 9.15 Å². The second-order valence-electron chi connectivity index (χ2n) is 4.10. The number of halogens is 2. The number of rotatable bonds is 3. The fraction of sp³-hybridized carbons (Fsp3) is 0.231. The second-order valence-corrected chi connectivity index (χ2v) is 5.18. The third-order valence-electron chi connectivity index (χ3n) is 2.99. The van der Waals surface area contributed by atoms with E-state index in [2.05, 4.69) is 27.6 Å². The minimum absolute atomic E-state index is 0.355. The first kappa shape index (κ1) is 12.9. The number of aliphatic hydroxyl groups excluding tert-OH is 1. The van der Waals surface area contributed by atoms with Crippen LogP contribution < -0.4 is 0 Å². The highest BCUT2D eigenvalue weighted by Crippen LogP contribution is 2.35. The molecular formula is C13H11FINO3. The standard InChI is InChI=1S/C13H11FINO3/c1-2-18-13(17)11-10(15)9-8(16-11)5-7(14)6-3-4-19-12(6)9/h3-5,13,16-17H,2H2,1H3. The maximum atomic E-state index is 13.9. The number of fused-ring (bicyclic) bond motifs is 3. The van der Waals surface area contributed by atoms with Crippen LogP contribution in [0.3, 0.4) is 0 Å². The number of aromatic amines is 1. The molecule has 1 aromatic carbocycles. The first-order valence-electron chi connectivity index (χ1n) is 5.80. The zero-order valence-electron chi connectivity index (χ0n) is 10.0. The maximum absolute atomic E-state index is 13.9. The predicted molar refractivity (Wildman–Crippen MR) is 77.3 cm³/mol. The summed E-state index contributed by atoms with van der Waals surface area (Å²) in [7, 11) is 0. The molecule has 4 nitrogen and oxygen atoms in total. The van der Waals surface area contributed by atoms with Gasteiger partial charge in [-0.3, -0.25) is 0 Å². The first-order chi connectivity index (χ1) is 9.13. The molecule has 0 bridgehead atoms. The van der Waals surface area contributed by atoms with Crippen molar-refractivity contribution in [2.45, 2.75) is 13.2 Å². The van der Waals surface area contributed by atoms with Crippen molar-refractivity contribution in [3.8, 4) is 0 Å². The summed E-state index contributed by atoms with van der Waals surface area (Å²) < 4.78 is 25.2. The minimum atomic E-state index is -1.06. The van der Waals surface area contributed by atoms with Gasteiger partial charge in [0.15, 0.2) is 6.29 Å². The molecule has 3 rings (SSSR count). The van der Waals surface area contributed by atoms with Crippen molar-refractivity contribution in [2.24, 2.45) is 0 Å². The lowest BCUT2D eigenvalue weighted by atomic mass is 10.2. The Kier molecular flexibility index (Phi) is 3.23. The Bertz CT molecular complexity index is 749. The fourth-order valence-corrected chi connectivity index (χ4v) is 3.09. The van der Waals surface area contributed by atoms with Gasteiger partial charge in [0.05, 0.1) is 31.8 Å². The number of aromatic nitrogens is 1. The van der Waals surface area contributed by atoms with Crippen LogP contribution in [0.15, 0.2) is 22.8 Å². The third-order valence-corrected chi connectivity index (χ3v) is 4.11. The Morgan fingerprint density at radius 3 is 3.11 bits per heavy atom. The Labute approximate surface area is 121 Å². The molecule has 0 aliphatic heterocycles. The van der Waals surface area contributed by atoms with Gasteiger partial charge in [-0.25, -0.2) is 4.39 Å². The molecule has 0 aliphatic carbocycles. The van der Waals surface area contributed by atoms with Crippen LogP contribution in [0.2, 0.25) is 0 Å². The molecule has 2 aromatic heterocycles. The molecule has 0 radical (unpaired) electrons. The maximum Gasteiger partial charge on any atom is 0.197 e. The number of furan rings is 1. The summed E-state index contributed by atoms with van der Waals surface area (Å²) in [5, 5.41) is 11.1. The van der Waals surface area contributed by atoms with E-state index in [0.717, 1.165) is 8.96 Å². The van der Waals surface area contributed by atoms with Gasteiger partial charge in [-0.1, -0.05) is 0 Å². The van der Waals surface area contributed by atoms with E-state index >= 15 is 0 Å². The van der Waals surface area contributed by atoms with Crippen molar-refractivity contribution in [2.75, 3.05) is 6.61 Å². The first-order valence-corrected chi connectivity index (χ1v) is 6.87. The number of ether oxygens (including phenoxy) is 1. The molecule has 0 saturated heterocycles. The number of aliphatic hydroxyl groups is 1. The van der Waals surface area contributed by atoms with E-state index in [9.17, 15) is 9.50 Å². The van der Waals surface area contributed by atoms with Crippen LogP contribution in [-0.2, 0) is 4.74 Å². The number of nitrogens with one attached hydrogen (secondary N) is 1. The zero-order chi connectivity index (χ0) is 13.6. The van der Waals surface area contributed by atoms with Crippen molar-refractivity contribution < 1.29 is 18.7 Å². The molecule has 0 spiro atoms. The van der Waals surface area contributed by atoms with E-state index in [1.165, 1.54) is 12.3 Å². The Balaban J connectivity index is 2.31. The van der Waals surface area contributed by atoms with Gasteiger partial charge in [0.1, 0.15) is 11.4 Å². The Morgan fingerprint density at radius 1 is 1.58 bits per heavy atom. The summed E-state index contributed by atoms with van der Waals surface area (Å²) in [6, 6.07) is 2.99. The van der Waals surface area contributed by atoms with Gasteiger partial charge in [0.2, 0.25) is 0 Å². The summed E-state index contributed by atoms with van der Waals surface area (Å²) in [6.07, 6.45) is 0.395. The van der Waals surface area contributed by atoms with E-state index in [1.54, 1.807) is 13.0 Å². The summed E-state index contributed by atoms with van der Waals surface area (Å²) in [5.41, 5.74) is 1.57. The van der Waals surface area contributed by atoms with Crippen molar-refractivity contribution in [3.05, 3.63) is 33.5 Å². The largest absolute Gasteiger partial charge is 0.463 e. The Morgan fingerprint density at radius 2 is 2.37 bits per heavy atom. The fourth-order valence-electron chi connectivity index (χ4n) is 2.15. The van der Waals surface area contributed by atoms with Gasteiger partial charge in [0.25, 0.3) is 0 Å². The molecule has 2 N–H and O–H groups in total. The Hall–Kier alpha value is -1.12. The number of hydrogen-bond donors (Lipinski definition) is 2. The molecule has 1 atom stereocenters. The number of hydrogen-bond acceptors (Lipinski definition) is 3. The highest BCUT2D eigenvalue weighted by atomic mass is 127. The molecule has 0 saturated carbocycles. The lowest BCUT2D eigenvalue weighted by Gasteiger charge is -2.08. The number of benzene rings is 1. The molecular weight excluding hydrogens is 364 g/mol. The quantitative estimate of drug-likeness (QED) is 0.543. The van der Waals surface area contributed by atoms with Crippen LogP contribution in [0, 0.1) is 9.39 Å². The smallest absolute Gasteiger partial charge is 0.197 e. The predicted octanol–water partition coefficient (Wildman–Crippen LogP) is 3.69. The van der Waals surface area contributed by atoms with Crippen molar-refractivity contribution in [1.29, 1.82) is 0 Å². The molecule has 6 heteroatoms. The van der Waals surface area contributed by atoms with Gasteiger partial charge in [-0.2, -0.15) is 0 Å². The third kappa shape index (κ3) is 1.94. The van der Waals surface area contributed by atoms with Crippen molar-refractivity contribution >= 4 is 44.5 Å². The van der Waals surface area contributed by atoms with Gasteiger partial charge >= 0.3 is 0 Å². The van der Waals surface area contributed by atoms with E-state index in [0.29, 0.717) is 28.8 Å². The van der Waals surface area contributed by atoms with E-state index in [1.807, 2.05) is 0 Å². The van der Waals surface area contributed by atoms with Crippen LogP contribution in [0.5, 0.6) is 0 Å². The van der Waals surface area contributed by atoms with Gasteiger partial charge < -0.3 is 19.2 Å². The van der Waals surface area contributed by atoms with E-state index < -0.39 is 6.29 Å². The molecule has 19 heavy (non-hydrogen) atoms. The summed E-state index contributed by atoms with van der Waals surface area (Å²) >= 11 is 2.09. The lowest BCUT2D eigenvalue weighted by molar-refractivity contribution is -0.101. The summed E-state index contributed by atoms with van der Waals surface area (Å²) in [4.78, 5) is 2.99. The average molecular weight is 375 g/mol. The highest BCUT2D eigenvalue weighted by molar-refractivity contribution is 14.1. The van der Waals surface area contributed by atoms with Gasteiger partial charge in [0, 0.05) is 6.61 Å². The summed E-state index contributed by atoms with van der Waals surface area (Å²) in [6.45, 7) is 2.18. The number of H-pyrrole nitrogens is 1. The molecule has 3 aromatic rings. The van der Waals surface area contributed by atoms with E-state index in [-0.39, 0.29) is 5.82 Å². The van der Waals surface area contributed by atoms with Crippen molar-refractivity contribution in [3.63, 3.8) is 0 Å². The van der Waals surface area contributed by atoms with Crippen LogP contribution in [0.1, 0.15) is 18.9 Å². The van der Waals surface area contributed by atoms with Crippen LogP contribution >= 0.6 is 22.6 Å². The van der Waals surface area contributed by atoms with Crippen molar-refractivity contribution in [1.82, 2.24) is 4.98 Å². The molecule has 0 aliphatic rings. The molecule has 2 heterocycles. The topological polar surface area (TPSA) is 58.4 Å². The average Bonchev–Trinajstić information content (AvgIpc) is 2.95. The summed E-state index contributed by atoms with van der Waals surface area (Å²) in [5.74, 6) is -0.355. The van der Waals surface area contributed by atoms with Crippen LogP contribution in [-0.4, -0.2) is 16.7 Å².